The first-order valence-electron chi connectivity index (χ1n) is 6.82. The highest BCUT2D eigenvalue weighted by atomic mass is 35.5. The molecule has 0 spiro atoms. The third-order valence-electron chi connectivity index (χ3n) is 2.82. The van der Waals surface area contributed by atoms with Crippen molar-refractivity contribution in [3.8, 4) is 5.75 Å². The van der Waals surface area contributed by atoms with Gasteiger partial charge in [-0.3, -0.25) is 4.79 Å². The summed E-state index contributed by atoms with van der Waals surface area (Å²) in [6.45, 7) is 4.09. The number of nitrogens with one attached hydrogen (secondary N) is 2. The van der Waals surface area contributed by atoms with Crippen LogP contribution in [-0.4, -0.2) is 17.6 Å². The SMILES string of the molecule is C=CCNC(=S)Oc1cccc(C(=O)Nc2ccccc2Cl)c1. The summed E-state index contributed by atoms with van der Waals surface area (Å²) in [6.07, 6.45) is 1.67. The van der Waals surface area contributed by atoms with Crippen molar-refractivity contribution in [2.75, 3.05) is 11.9 Å². The fourth-order valence-electron chi connectivity index (χ4n) is 1.76. The molecule has 6 heteroatoms. The van der Waals surface area contributed by atoms with E-state index in [4.69, 9.17) is 28.6 Å². The van der Waals surface area contributed by atoms with Gasteiger partial charge in [-0.15, -0.1) is 6.58 Å². The first-order chi connectivity index (χ1) is 11.1. The number of para-hydroxylation sites is 1. The van der Waals surface area contributed by atoms with Crippen molar-refractivity contribution >= 4 is 40.6 Å². The van der Waals surface area contributed by atoms with Gasteiger partial charge in [0.05, 0.1) is 10.7 Å². The lowest BCUT2D eigenvalue weighted by Crippen LogP contribution is -2.26. The second-order valence-corrected chi connectivity index (χ2v) is 5.30. The van der Waals surface area contributed by atoms with Gasteiger partial charge in [-0.2, -0.15) is 0 Å². The average molecular weight is 347 g/mol. The van der Waals surface area contributed by atoms with E-state index < -0.39 is 0 Å². The second kappa shape index (κ2) is 8.31. The van der Waals surface area contributed by atoms with Gasteiger partial charge in [-0.05, 0) is 42.5 Å². The highest BCUT2D eigenvalue weighted by Gasteiger charge is 2.10. The second-order valence-electron chi connectivity index (χ2n) is 4.52. The normalized spacial score (nSPS) is 9.78. The van der Waals surface area contributed by atoms with Crippen LogP contribution in [0.4, 0.5) is 5.69 Å². The molecule has 118 valence electrons. The van der Waals surface area contributed by atoms with Crippen molar-refractivity contribution in [2.24, 2.45) is 0 Å². The Labute approximate surface area is 145 Å². The molecule has 0 aromatic heterocycles. The number of hydrogen-bond donors (Lipinski definition) is 2. The quantitative estimate of drug-likeness (QED) is 0.634. The Morgan fingerprint density at radius 2 is 2.04 bits per heavy atom. The Balaban J connectivity index is 2.07. The molecule has 0 saturated heterocycles. The summed E-state index contributed by atoms with van der Waals surface area (Å²) >= 11 is 11.1. The number of halogens is 1. The van der Waals surface area contributed by atoms with Gasteiger partial charge < -0.3 is 15.4 Å². The number of carbonyl (C=O) groups excluding carboxylic acids is 1. The first kappa shape index (κ1) is 17.0. The molecule has 1 amide bonds. The van der Waals surface area contributed by atoms with Crippen LogP contribution in [0, 0.1) is 0 Å². The van der Waals surface area contributed by atoms with E-state index in [1.807, 2.05) is 0 Å². The van der Waals surface area contributed by atoms with Gasteiger partial charge in [0, 0.05) is 12.1 Å². The Morgan fingerprint density at radius 1 is 1.26 bits per heavy atom. The maximum atomic E-state index is 12.3. The fraction of sp³-hybridized carbons (Fsp3) is 0.0588. The molecule has 0 aliphatic heterocycles. The van der Waals surface area contributed by atoms with Crippen LogP contribution >= 0.6 is 23.8 Å². The maximum absolute atomic E-state index is 12.3. The summed E-state index contributed by atoms with van der Waals surface area (Å²) in [7, 11) is 0. The van der Waals surface area contributed by atoms with Gasteiger partial charge >= 0.3 is 0 Å². The molecule has 0 aliphatic rings. The van der Waals surface area contributed by atoms with Gasteiger partial charge in [0.15, 0.2) is 0 Å². The summed E-state index contributed by atoms with van der Waals surface area (Å²) < 4.78 is 5.45. The van der Waals surface area contributed by atoms with Crippen LogP contribution in [0.15, 0.2) is 61.2 Å². The zero-order valence-corrected chi connectivity index (χ0v) is 13.8. The highest BCUT2D eigenvalue weighted by Crippen LogP contribution is 2.22. The van der Waals surface area contributed by atoms with Crippen molar-refractivity contribution in [3.05, 3.63) is 71.8 Å². The zero-order valence-electron chi connectivity index (χ0n) is 12.2. The molecule has 0 unspecified atom stereocenters. The van der Waals surface area contributed by atoms with E-state index in [2.05, 4.69) is 17.2 Å². The van der Waals surface area contributed by atoms with E-state index in [-0.39, 0.29) is 11.1 Å². The van der Waals surface area contributed by atoms with E-state index in [0.717, 1.165) is 0 Å². The predicted molar refractivity (Wildman–Crippen MR) is 97.3 cm³/mol. The summed E-state index contributed by atoms with van der Waals surface area (Å²) in [5.41, 5.74) is 0.989. The van der Waals surface area contributed by atoms with E-state index in [1.54, 1.807) is 54.6 Å². The lowest BCUT2D eigenvalue weighted by molar-refractivity contribution is 0.102. The van der Waals surface area contributed by atoms with Gasteiger partial charge in [0.1, 0.15) is 5.75 Å². The monoisotopic (exact) mass is 346 g/mol. The Kier molecular flexibility index (Phi) is 6.14. The Morgan fingerprint density at radius 3 is 2.78 bits per heavy atom. The molecule has 2 rings (SSSR count). The molecule has 2 N–H and O–H groups in total. The van der Waals surface area contributed by atoms with Crippen LogP contribution in [0.5, 0.6) is 5.75 Å². The van der Waals surface area contributed by atoms with Crippen molar-refractivity contribution in [3.63, 3.8) is 0 Å². The molecule has 0 bridgehead atoms. The lowest BCUT2D eigenvalue weighted by atomic mass is 10.2. The molecule has 2 aromatic carbocycles. The number of carbonyl (C=O) groups is 1. The molecule has 0 aliphatic carbocycles. The van der Waals surface area contributed by atoms with E-state index in [9.17, 15) is 4.79 Å². The number of anilines is 1. The molecule has 2 aromatic rings. The summed E-state index contributed by atoms with van der Waals surface area (Å²) in [5.74, 6) is 0.187. The number of hydrogen-bond acceptors (Lipinski definition) is 3. The van der Waals surface area contributed by atoms with E-state index in [1.165, 1.54) is 0 Å². The van der Waals surface area contributed by atoms with Crippen molar-refractivity contribution in [2.45, 2.75) is 0 Å². The molecule has 0 atom stereocenters. The number of ether oxygens (including phenoxy) is 1. The molecular weight excluding hydrogens is 332 g/mol. The number of rotatable bonds is 5. The molecular formula is C17H15ClN2O2S. The van der Waals surface area contributed by atoms with Crippen molar-refractivity contribution in [1.29, 1.82) is 0 Å². The Bertz CT molecular complexity index is 734. The highest BCUT2D eigenvalue weighted by molar-refractivity contribution is 7.80. The molecule has 4 nitrogen and oxygen atoms in total. The minimum absolute atomic E-state index is 0.216. The van der Waals surface area contributed by atoms with Crippen LogP contribution in [0.2, 0.25) is 5.02 Å². The molecule has 0 saturated carbocycles. The smallest absolute Gasteiger partial charge is 0.262 e. The molecule has 0 fully saturated rings. The predicted octanol–water partition coefficient (Wildman–Crippen LogP) is 4.03. The average Bonchev–Trinajstić information content (AvgIpc) is 2.55. The van der Waals surface area contributed by atoms with Crippen LogP contribution < -0.4 is 15.4 Å². The molecule has 0 heterocycles. The summed E-state index contributed by atoms with van der Waals surface area (Å²) in [4.78, 5) is 12.3. The molecule has 0 radical (unpaired) electrons. The van der Waals surface area contributed by atoms with Gasteiger partial charge in [0.25, 0.3) is 11.1 Å². The van der Waals surface area contributed by atoms with Crippen LogP contribution in [0.1, 0.15) is 10.4 Å². The largest absolute Gasteiger partial charge is 0.432 e. The van der Waals surface area contributed by atoms with Crippen LogP contribution in [0.25, 0.3) is 0 Å². The van der Waals surface area contributed by atoms with E-state index >= 15 is 0 Å². The maximum Gasteiger partial charge on any atom is 0.262 e. The van der Waals surface area contributed by atoms with Crippen LogP contribution in [-0.2, 0) is 0 Å². The third-order valence-corrected chi connectivity index (χ3v) is 3.38. The summed E-state index contributed by atoms with van der Waals surface area (Å²) in [6, 6.07) is 13.7. The Hall–Kier alpha value is -2.37. The first-order valence-corrected chi connectivity index (χ1v) is 7.61. The summed E-state index contributed by atoms with van der Waals surface area (Å²) in [5, 5.41) is 6.29. The van der Waals surface area contributed by atoms with Gasteiger partial charge in [-0.1, -0.05) is 35.9 Å². The topological polar surface area (TPSA) is 50.4 Å². The fourth-order valence-corrected chi connectivity index (χ4v) is 2.12. The number of thiocarbonyl (C=S) groups is 1. The number of amides is 1. The number of benzene rings is 2. The van der Waals surface area contributed by atoms with Crippen LogP contribution in [0.3, 0.4) is 0 Å². The minimum atomic E-state index is -0.284. The van der Waals surface area contributed by atoms with Crippen molar-refractivity contribution in [1.82, 2.24) is 5.32 Å². The van der Waals surface area contributed by atoms with Crippen molar-refractivity contribution < 1.29 is 9.53 Å². The van der Waals surface area contributed by atoms with Gasteiger partial charge in [-0.25, -0.2) is 0 Å². The minimum Gasteiger partial charge on any atom is -0.432 e. The van der Waals surface area contributed by atoms with E-state index in [0.29, 0.717) is 28.6 Å². The third kappa shape index (κ3) is 5.09. The molecule has 23 heavy (non-hydrogen) atoms. The standard InChI is InChI=1S/C17H15ClN2O2S/c1-2-10-19-17(23)22-13-7-5-6-12(11-13)16(21)20-15-9-4-3-8-14(15)18/h2-9,11H,1,10H2,(H,19,23)(H,20,21). The lowest BCUT2D eigenvalue weighted by Gasteiger charge is -2.10. The van der Waals surface area contributed by atoms with Gasteiger partial charge in [0.2, 0.25) is 0 Å². The zero-order chi connectivity index (χ0) is 16.7.